The molecule has 0 radical (unpaired) electrons. The molecule has 0 rings (SSSR count). The normalized spacial score (nSPS) is 16.4. The Balaban J connectivity index is 3.93. The highest BCUT2D eigenvalue weighted by Crippen LogP contribution is 2.43. The van der Waals surface area contributed by atoms with Crippen LogP contribution >= 0.6 is 7.82 Å². The third-order valence-corrected chi connectivity index (χ3v) is 2.66. The van der Waals surface area contributed by atoms with Crippen LogP contribution in [0.15, 0.2) is 12.7 Å². The van der Waals surface area contributed by atoms with Gasteiger partial charge in [0.1, 0.15) is 6.10 Å². The van der Waals surface area contributed by atoms with Crippen molar-refractivity contribution in [2.45, 2.75) is 25.9 Å². The van der Waals surface area contributed by atoms with Crippen molar-refractivity contribution in [1.82, 2.24) is 0 Å². The van der Waals surface area contributed by atoms with E-state index in [2.05, 4.69) is 15.6 Å². The van der Waals surface area contributed by atoms with Gasteiger partial charge in [-0.2, -0.15) is 0 Å². The summed E-state index contributed by atoms with van der Waals surface area (Å²) in [7, 11) is -4.17. The smallest absolute Gasteiger partial charge is 0.382 e. The lowest BCUT2D eigenvalue weighted by atomic mass is 10.2. The molecule has 0 fully saturated rings. The van der Waals surface area contributed by atoms with Gasteiger partial charge in [-0.25, -0.2) is 4.57 Å². The monoisotopic (exact) mass is 252 g/mol. The lowest BCUT2D eigenvalue weighted by molar-refractivity contribution is -0.123. The van der Waals surface area contributed by atoms with Crippen LogP contribution in [0.4, 0.5) is 0 Å². The van der Waals surface area contributed by atoms with Crippen molar-refractivity contribution >= 4 is 13.6 Å². The van der Waals surface area contributed by atoms with E-state index in [1.54, 1.807) is 0 Å². The standard InChI is InChI=1S/C9H17O6P/c1-3-5-6-14-16(12,13)15-7-9(11)8(10)4-2/h4,9,11H,2-3,5-7H2,1H3,(H,12,13). The molecule has 0 aromatic heterocycles. The Kier molecular flexibility index (Phi) is 7.45. The van der Waals surface area contributed by atoms with Crippen molar-refractivity contribution in [1.29, 1.82) is 0 Å². The fourth-order valence-corrected chi connectivity index (χ4v) is 1.51. The quantitative estimate of drug-likeness (QED) is 0.362. The van der Waals surface area contributed by atoms with Crippen molar-refractivity contribution in [2.75, 3.05) is 13.2 Å². The first-order valence-corrected chi connectivity index (χ1v) is 6.38. The summed E-state index contributed by atoms with van der Waals surface area (Å²) in [5.41, 5.74) is 0. The van der Waals surface area contributed by atoms with Gasteiger partial charge in [0.2, 0.25) is 0 Å². The van der Waals surface area contributed by atoms with Gasteiger partial charge in [-0.15, -0.1) is 0 Å². The Hall–Kier alpha value is -0.520. The molecule has 7 heteroatoms. The molecule has 0 saturated carbocycles. The topological polar surface area (TPSA) is 93.1 Å². The summed E-state index contributed by atoms with van der Waals surface area (Å²) in [6.07, 6.45) is 0.862. The Labute approximate surface area is 94.5 Å². The van der Waals surface area contributed by atoms with Gasteiger partial charge in [0.05, 0.1) is 13.2 Å². The van der Waals surface area contributed by atoms with Crippen LogP contribution < -0.4 is 0 Å². The van der Waals surface area contributed by atoms with Gasteiger partial charge in [-0.05, 0) is 12.5 Å². The SMILES string of the molecule is C=CC(=O)C(O)COP(=O)(O)OCCCC. The summed E-state index contributed by atoms with van der Waals surface area (Å²) in [6.45, 7) is 4.56. The molecule has 0 saturated heterocycles. The van der Waals surface area contributed by atoms with Gasteiger partial charge in [-0.1, -0.05) is 19.9 Å². The number of hydrogen-bond acceptors (Lipinski definition) is 5. The number of ketones is 1. The van der Waals surface area contributed by atoms with E-state index in [0.717, 1.165) is 12.5 Å². The molecule has 2 atom stereocenters. The Morgan fingerprint density at radius 3 is 2.69 bits per heavy atom. The van der Waals surface area contributed by atoms with E-state index in [1.807, 2.05) is 6.92 Å². The number of aliphatic hydroxyl groups excluding tert-OH is 1. The van der Waals surface area contributed by atoms with Crippen molar-refractivity contribution in [3.8, 4) is 0 Å². The first-order valence-electron chi connectivity index (χ1n) is 4.89. The average Bonchev–Trinajstić information content (AvgIpc) is 2.25. The number of aliphatic hydroxyl groups is 1. The van der Waals surface area contributed by atoms with Crippen molar-refractivity contribution in [3.63, 3.8) is 0 Å². The average molecular weight is 252 g/mol. The molecule has 0 bridgehead atoms. The molecule has 0 amide bonds. The van der Waals surface area contributed by atoms with E-state index in [4.69, 9.17) is 10.00 Å². The first-order chi connectivity index (χ1) is 7.43. The van der Waals surface area contributed by atoms with Crippen LogP contribution in [0.1, 0.15) is 19.8 Å². The molecule has 0 heterocycles. The molecule has 0 aromatic carbocycles. The van der Waals surface area contributed by atoms with Gasteiger partial charge in [0.15, 0.2) is 5.78 Å². The molecule has 0 spiro atoms. The number of hydrogen-bond donors (Lipinski definition) is 2. The van der Waals surface area contributed by atoms with Crippen LogP contribution in [0.2, 0.25) is 0 Å². The molecule has 2 unspecified atom stereocenters. The molecule has 2 N–H and O–H groups in total. The van der Waals surface area contributed by atoms with E-state index in [1.165, 1.54) is 0 Å². The second kappa shape index (κ2) is 7.70. The van der Waals surface area contributed by atoms with Crippen LogP contribution in [-0.2, 0) is 18.4 Å². The molecule has 6 nitrogen and oxygen atoms in total. The maximum atomic E-state index is 11.2. The summed E-state index contributed by atoms with van der Waals surface area (Å²) in [6, 6.07) is 0. The molecule has 94 valence electrons. The highest BCUT2D eigenvalue weighted by molar-refractivity contribution is 7.47. The van der Waals surface area contributed by atoms with E-state index in [-0.39, 0.29) is 6.61 Å². The predicted octanol–water partition coefficient (Wildman–Crippen LogP) is 1.04. The highest BCUT2D eigenvalue weighted by atomic mass is 31.2. The minimum atomic E-state index is -4.17. The highest BCUT2D eigenvalue weighted by Gasteiger charge is 2.23. The Bertz CT molecular complexity index is 277. The number of phosphoric acid groups is 1. The fraction of sp³-hybridized carbons (Fsp3) is 0.667. The molecule has 0 aliphatic carbocycles. The second-order valence-electron chi connectivity index (χ2n) is 3.07. The zero-order valence-electron chi connectivity index (χ0n) is 9.16. The number of phosphoric ester groups is 1. The predicted molar refractivity (Wildman–Crippen MR) is 57.8 cm³/mol. The lowest BCUT2D eigenvalue weighted by Gasteiger charge is -2.13. The zero-order chi connectivity index (χ0) is 12.6. The number of carbonyl (C=O) groups excluding carboxylic acids is 1. The first kappa shape index (κ1) is 15.5. The summed E-state index contributed by atoms with van der Waals surface area (Å²) in [5, 5.41) is 9.12. The van der Waals surface area contributed by atoms with Crippen LogP contribution in [0.5, 0.6) is 0 Å². The molecule has 16 heavy (non-hydrogen) atoms. The van der Waals surface area contributed by atoms with Gasteiger partial charge in [-0.3, -0.25) is 13.8 Å². The van der Waals surface area contributed by atoms with Gasteiger partial charge < -0.3 is 10.00 Å². The van der Waals surface area contributed by atoms with Crippen molar-refractivity contribution in [3.05, 3.63) is 12.7 Å². The van der Waals surface area contributed by atoms with Crippen LogP contribution in [0, 0.1) is 0 Å². The van der Waals surface area contributed by atoms with Gasteiger partial charge in [0.25, 0.3) is 0 Å². The largest absolute Gasteiger partial charge is 0.472 e. The molecule has 0 aromatic rings. The number of carbonyl (C=O) groups is 1. The Morgan fingerprint density at radius 1 is 1.56 bits per heavy atom. The number of unbranched alkanes of at least 4 members (excludes halogenated alkanes) is 1. The van der Waals surface area contributed by atoms with Crippen LogP contribution in [0.25, 0.3) is 0 Å². The van der Waals surface area contributed by atoms with E-state index >= 15 is 0 Å². The number of rotatable bonds is 9. The Morgan fingerprint density at radius 2 is 2.19 bits per heavy atom. The molecule has 0 aliphatic heterocycles. The third-order valence-electron chi connectivity index (χ3n) is 1.68. The lowest BCUT2D eigenvalue weighted by Crippen LogP contribution is -2.23. The van der Waals surface area contributed by atoms with Gasteiger partial charge >= 0.3 is 7.82 Å². The molecule has 0 aliphatic rings. The maximum Gasteiger partial charge on any atom is 0.472 e. The minimum absolute atomic E-state index is 0.0930. The summed E-state index contributed by atoms with van der Waals surface area (Å²) in [5.74, 6) is -0.673. The van der Waals surface area contributed by atoms with Crippen LogP contribution in [-0.4, -0.2) is 35.1 Å². The van der Waals surface area contributed by atoms with E-state index in [0.29, 0.717) is 6.42 Å². The summed E-state index contributed by atoms with van der Waals surface area (Å²) >= 11 is 0. The summed E-state index contributed by atoms with van der Waals surface area (Å²) < 4.78 is 20.2. The summed E-state index contributed by atoms with van der Waals surface area (Å²) in [4.78, 5) is 19.9. The zero-order valence-corrected chi connectivity index (χ0v) is 10.1. The van der Waals surface area contributed by atoms with Crippen molar-refractivity contribution < 1.29 is 28.4 Å². The van der Waals surface area contributed by atoms with Crippen molar-refractivity contribution in [2.24, 2.45) is 0 Å². The maximum absolute atomic E-state index is 11.2. The van der Waals surface area contributed by atoms with E-state index < -0.39 is 26.3 Å². The second-order valence-corrected chi connectivity index (χ2v) is 4.53. The third kappa shape index (κ3) is 6.87. The molecular formula is C9H17O6P. The van der Waals surface area contributed by atoms with Gasteiger partial charge in [0, 0.05) is 0 Å². The minimum Gasteiger partial charge on any atom is -0.382 e. The van der Waals surface area contributed by atoms with E-state index in [9.17, 15) is 9.36 Å². The fourth-order valence-electron chi connectivity index (χ4n) is 0.744. The van der Waals surface area contributed by atoms with Crippen LogP contribution in [0.3, 0.4) is 0 Å². The molecular weight excluding hydrogens is 235 g/mol.